The van der Waals surface area contributed by atoms with E-state index in [4.69, 9.17) is 4.74 Å². The van der Waals surface area contributed by atoms with Gasteiger partial charge in [0.25, 0.3) is 0 Å². The van der Waals surface area contributed by atoms with Crippen LogP contribution in [0, 0.1) is 6.92 Å². The second-order valence-corrected chi connectivity index (χ2v) is 11.1. The molecule has 6 heteroatoms. The van der Waals surface area contributed by atoms with Crippen LogP contribution in [0.1, 0.15) is 5.82 Å². The second-order valence-electron chi connectivity index (χ2n) is 4.78. The van der Waals surface area contributed by atoms with Gasteiger partial charge in [-0.25, -0.2) is 9.67 Å². The molecule has 1 aromatic rings. The fraction of sp³-hybridized carbons (Fsp3) is 0.778. The molecule has 1 rings (SSSR count). The van der Waals surface area contributed by atoms with E-state index in [2.05, 4.69) is 45.7 Å². The maximum absolute atomic E-state index is 5.56. The molecule has 0 aromatic carbocycles. The van der Waals surface area contributed by atoms with Crippen molar-refractivity contribution in [1.82, 2.24) is 14.8 Å². The predicted molar refractivity (Wildman–Crippen MR) is 66.6 cm³/mol. The third-order valence-electron chi connectivity index (χ3n) is 1.94. The number of aromatic nitrogens is 3. The summed E-state index contributed by atoms with van der Waals surface area (Å²) in [6, 6.07) is 1.18. The van der Waals surface area contributed by atoms with E-state index in [0.29, 0.717) is 6.73 Å². The van der Waals surface area contributed by atoms with Gasteiger partial charge in [0.15, 0.2) is 4.73 Å². The number of nitrogens with zero attached hydrogens (tertiary/aromatic N) is 3. The maximum atomic E-state index is 5.56. The van der Waals surface area contributed by atoms with Gasteiger partial charge >= 0.3 is 0 Å². The van der Waals surface area contributed by atoms with E-state index in [9.17, 15) is 0 Å². The Balaban J connectivity index is 2.29. The minimum absolute atomic E-state index is 0.478. The molecule has 0 amide bonds. The number of ether oxygens (including phenoxy) is 1. The summed E-state index contributed by atoms with van der Waals surface area (Å²) in [7, 11) is -0.986. The van der Waals surface area contributed by atoms with E-state index in [1.807, 2.05) is 6.92 Å². The van der Waals surface area contributed by atoms with Gasteiger partial charge in [-0.1, -0.05) is 19.6 Å². The highest BCUT2D eigenvalue weighted by Crippen LogP contribution is 2.09. The van der Waals surface area contributed by atoms with Crippen molar-refractivity contribution in [3.63, 3.8) is 0 Å². The number of hydrogen-bond acceptors (Lipinski definition) is 3. The van der Waals surface area contributed by atoms with Crippen molar-refractivity contribution >= 4 is 24.0 Å². The highest BCUT2D eigenvalue weighted by Gasteiger charge is 2.12. The average molecular weight is 292 g/mol. The minimum atomic E-state index is -0.986. The fourth-order valence-electron chi connectivity index (χ4n) is 1.04. The molecular weight excluding hydrogens is 274 g/mol. The Morgan fingerprint density at radius 3 is 2.53 bits per heavy atom. The van der Waals surface area contributed by atoms with Crippen molar-refractivity contribution in [3.05, 3.63) is 10.6 Å². The molecule has 86 valence electrons. The molecule has 15 heavy (non-hydrogen) atoms. The quantitative estimate of drug-likeness (QED) is 0.619. The first-order valence-electron chi connectivity index (χ1n) is 5.03. The summed E-state index contributed by atoms with van der Waals surface area (Å²) in [6.07, 6.45) is 0. The van der Waals surface area contributed by atoms with Crippen LogP contribution >= 0.6 is 15.9 Å². The fourth-order valence-corrected chi connectivity index (χ4v) is 2.24. The zero-order valence-corrected chi connectivity index (χ0v) is 12.3. The van der Waals surface area contributed by atoms with Gasteiger partial charge in [-0.15, -0.1) is 0 Å². The molecule has 0 spiro atoms. The lowest BCUT2D eigenvalue weighted by molar-refractivity contribution is 0.0765. The van der Waals surface area contributed by atoms with Crippen LogP contribution < -0.4 is 0 Å². The van der Waals surface area contributed by atoms with Crippen molar-refractivity contribution in [3.8, 4) is 0 Å². The molecule has 0 aliphatic rings. The van der Waals surface area contributed by atoms with Gasteiger partial charge in [0.2, 0.25) is 0 Å². The molecule has 1 aromatic heterocycles. The van der Waals surface area contributed by atoms with Crippen molar-refractivity contribution in [2.24, 2.45) is 0 Å². The first-order valence-corrected chi connectivity index (χ1v) is 9.53. The molecule has 0 atom stereocenters. The summed E-state index contributed by atoms with van der Waals surface area (Å²) < 4.78 is 8.01. The normalized spacial score (nSPS) is 12.1. The average Bonchev–Trinajstić information content (AvgIpc) is 2.37. The lowest BCUT2D eigenvalue weighted by Crippen LogP contribution is -2.22. The molecule has 0 saturated carbocycles. The smallest absolute Gasteiger partial charge is 0.197 e. The largest absolute Gasteiger partial charge is 0.359 e. The number of hydrogen-bond donors (Lipinski definition) is 0. The zero-order chi connectivity index (χ0) is 11.5. The third kappa shape index (κ3) is 4.90. The molecule has 0 aliphatic carbocycles. The molecule has 0 fully saturated rings. The first-order chi connectivity index (χ1) is 6.88. The Labute approximate surface area is 100 Å². The lowest BCUT2D eigenvalue weighted by Gasteiger charge is -2.15. The molecule has 0 unspecified atom stereocenters. The van der Waals surface area contributed by atoms with Crippen molar-refractivity contribution in [2.45, 2.75) is 39.3 Å². The Morgan fingerprint density at radius 2 is 2.07 bits per heavy atom. The number of aryl methyl sites for hydroxylation is 1. The highest BCUT2D eigenvalue weighted by molar-refractivity contribution is 9.10. The highest BCUT2D eigenvalue weighted by atomic mass is 79.9. The molecule has 0 saturated heterocycles. The topological polar surface area (TPSA) is 39.9 Å². The van der Waals surface area contributed by atoms with Gasteiger partial charge in [0.1, 0.15) is 12.6 Å². The van der Waals surface area contributed by atoms with Crippen LogP contribution in [0.3, 0.4) is 0 Å². The lowest BCUT2D eigenvalue weighted by atomic mass is 10.8. The van der Waals surface area contributed by atoms with Crippen LogP contribution in [0.25, 0.3) is 0 Å². The van der Waals surface area contributed by atoms with E-state index in [-0.39, 0.29) is 0 Å². The van der Waals surface area contributed by atoms with Crippen LogP contribution in [0.4, 0.5) is 0 Å². The van der Waals surface area contributed by atoms with E-state index in [0.717, 1.165) is 17.2 Å². The molecule has 0 N–H and O–H groups in total. The van der Waals surface area contributed by atoms with Crippen LogP contribution in [0.5, 0.6) is 0 Å². The van der Waals surface area contributed by atoms with E-state index >= 15 is 0 Å². The van der Waals surface area contributed by atoms with E-state index < -0.39 is 8.07 Å². The minimum Gasteiger partial charge on any atom is -0.359 e. The van der Waals surface area contributed by atoms with E-state index in [1.165, 1.54) is 6.04 Å². The summed E-state index contributed by atoms with van der Waals surface area (Å²) >= 11 is 3.33. The standard InChI is InChI=1S/C9H18BrN3OSi/c1-8-11-9(10)13(12-8)7-14-5-6-15(2,3)4/h5-7H2,1-4H3. The van der Waals surface area contributed by atoms with Gasteiger partial charge in [-0.2, -0.15) is 5.10 Å². The van der Waals surface area contributed by atoms with Gasteiger partial charge in [-0.05, 0) is 28.9 Å². The van der Waals surface area contributed by atoms with Gasteiger partial charge in [0.05, 0.1) is 0 Å². The SMILES string of the molecule is Cc1nc(Br)n(COCC[Si](C)(C)C)n1. The third-order valence-corrected chi connectivity index (χ3v) is 4.23. The van der Waals surface area contributed by atoms with Crippen molar-refractivity contribution < 1.29 is 4.74 Å². The summed E-state index contributed by atoms with van der Waals surface area (Å²) in [5.74, 6) is 0.760. The Hall–Kier alpha value is -0.203. The van der Waals surface area contributed by atoms with Crippen LogP contribution in [-0.2, 0) is 11.5 Å². The van der Waals surface area contributed by atoms with Gasteiger partial charge < -0.3 is 4.74 Å². The zero-order valence-electron chi connectivity index (χ0n) is 9.75. The monoisotopic (exact) mass is 291 g/mol. The molecule has 0 aliphatic heterocycles. The van der Waals surface area contributed by atoms with Gasteiger partial charge in [0, 0.05) is 14.7 Å². The summed E-state index contributed by atoms with van der Waals surface area (Å²) in [6.45, 7) is 10.2. The number of halogens is 1. The van der Waals surface area contributed by atoms with Crippen LogP contribution in [0.15, 0.2) is 4.73 Å². The Morgan fingerprint density at radius 1 is 1.40 bits per heavy atom. The molecule has 1 heterocycles. The summed E-state index contributed by atoms with van der Waals surface area (Å²) in [5, 5.41) is 4.19. The molecule has 0 radical (unpaired) electrons. The predicted octanol–water partition coefficient (Wildman–Crippen LogP) is 2.66. The summed E-state index contributed by atoms with van der Waals surface area (Å²) in [4.78, 5) is 4.14. The maximum Gasteiger partial charge on any atom is 0.197 e. The van der Waals surface area contributed by atoms with Gasteiger partial charge in [-0.3, -0.25) is 0 Å². The first kappa shape index (κ1) is 12.9. The van der Waals surface area contributed by atoms with Crippen molar-refractivity contribution in [2.75, 3.05) is 6.61 Å². The van der Waals surface area contributed by atoms with Crippen LogP contribution in [-0.4, -0.2) is 29.4 Å². The second kappa shape index (κ2) is 5.22. The molecule has 4 nitrogen and oxygen atoms in total. The van der Waals surface area contributed by atoms with Crippen LogP contribution in [0.2, 0.25) is 25.7 Å². The molecule has 0 bridgehead atoms. The Kier molecular flexibility index (Phi) is 4.48. The van der Waals surface area contributed by atoms with Crippen molar-refractivity contribution in [1.29, 1.82) is 0 Å². The number of rotatable bonds is 5. The van der Waals surface area contributed by atoms with E-state index in [1.54, 1.807) is 4.68 Å². The Bertz CT molecular complexity index is 322. The summed E-state index contributed by atoms with van der Waals surface area (Å²) in [5.41, 5.74) is 0. The molecular formula is C9H18BrN3OSi.